The third kappa shape index (κ3) is 5.35. The number of hydrogen-bond donors (Lipinski definition) is 2. The Balaban J connectivity index is 1.46. The van der Waals surface area contributed by atoms with Gasteiger partial charge in [-0.05, 0) is 24.6 Å². The van der Waals surface area contributed by atoms with Crippen LogP contribution < -0.4 is 4.74 Å². The van der Waals surface area contributed by atoms with Gasteiger partial charge < -0.3 is 38.6 Å². The number of rotatable bonds is 10. The number of morpholine rings is 1. The molecule has 0 radical (unpaired) electrons. The Labute approximate surface area is 211 Å². The van der Waals surface area contributed by atoms with Crippen LogP contribution in [0.4, 0.5) is 0 Å². The van der Waals surface area contributed by atoms with Crippen LogP contribution in [-0.2, 0) is 23.7 Å². The maximum atomic E-state index is 13.0. The van der Waals surface area contributed by atoms with Crippen molar-refractivity contribution in [3.63, 3.8) is 0 Å². The fourth-order valence-electron chi connectivity index (χ4n) is 4.98. The number of fused-ring (bicyclic) bond motifs is 3. The molecule has 10 heteroatoms. The third-order valence-electron chi connectivity index (χ3n) is 6.95. The first-order chi connectivity index (χ1) is 17.4. The number of nitrogens with zero attached hydrogens (tertiary/aromatic N) is 1. The van der Waals surface area contributed by atoms with Crippen LogP contribution in [0, 0.1) is 0 Å². The van der Waals surface area contributed by atoms with Gasteiger partial charge >= 0.3 is 0 Å². The van der Waals surface area contributed by atoms with Gasteiger partial charge in [0.15, 0.2) is 24.6 Å². The zero-order valence-corrected chi connectivity index (χ0v) is 20.9. The van der Waals surface area contributed by atoms with Crippen molar-refractivity contribution in [2.45, 2.75) is 56.8 Å². The number of benzene rings is 1. The van der Waals surface area contributed by atoms with Crippen molar-refractivity contribution < 1.29 is 43.4 Å². The molecule has 0 spiro atoms. The number of carbonyl (C=O) groups excluding carboxylic acids is 1. The monoisotopic (exact) mass is 505 g/mol. The average Bonchev–Trinajstić information content (AvgIpc) is 3.29. The van der Waals surface area contributed by atoms with Gasteiger partial charge in [-0.1, -0.05) is 18.7 Å². The van der Waals surface area contributed by atoms with E-state index in [0.29, 0.717) is 43.1 Å². The smallest absolute Gasteiger partial charge is 0.199 e. The standard InChI is InChI=1S/C26H35NO9/c1-15(23(29)16(2)24(30)17-7-5-6-8-20(17)31-3)19(9-11-28)35-22-13-18-21(14-34-22)36-25-26(32-4)33-12-10-27(18)25/h5-8,18-19,21-22,25-26,28-29H,2,9-14H2,1,3-4H3/b23-15-/t18-,19-,21+,22-,25+,26-/m0/s1. The number of Topliss-reactive ketones (excluding diaryl/α,β-unsaturated/α-hetero) is 1. The van der Waals surface area contributed by atoms with E-state index < -0.39 is 24.5 Å². The van der Waals surface area contributed by atoms with Gasteiger partial charge in [0.05, 0.1) is 43.7 Å². The van der Waals surface area contributed by atoms with E-state index in [1.165, 1.54) is 7.11 Å². The first-order valence-corrected chi connectivity index (χ1v) is 12.1. The number of allylic oxidation sites excluding steroid dienone is 1. The lowest BCUT2D eigenvalue weighted by Gasteiger charge is -2.39. The first-order valence-electron chi connectivity index (χ1n) is 12.1. The lowest BCUT2D eigenvalue weighted by atomic mass is 9.97. The van der Waals surface area contributed by atoms with E-state index in [1.54, 1.807) is 38.3 Å². The van der Waals surface area contributed by atoms with Crippen LogP contribution in [0.5, 0.6) is 5.75 Å². The van der Waals surface area contributed by atoms with Gasteiger partial charge in [-0.2, -0.15) is 0 Å². The van der Waals surface area contributed by atoms with Gasteiger partial charge in [0.1, 0.15) is 11.5 Å². The number of aliphatic hydroxyl groups is 2. The van der Waals surface area contributed by atoms with E-state index in [-0.39, 0.29) is 42.7 Å². The third-order valence-corrected chi connectivity index (χ3v) is 6.95. The zero-order valence-electron chi connectivity index (χ0n) is 20.9. The Kier molecular flexibility index (Phi) is 8.78. The molecule has 0 bridgehead atoms. The van der Waals surface area contributed by atoms with Crippen LogP contribution in [0.3, 0.4) is 0 Å². The quantitative estimate of drug-likeness (QED) is 0.212. The highest BCUT2D eigenvalue weighted by atomic mass is 16.7. The van der Waals surface area contributed by atoms with Gasteiger partial charge in [-0.25, -0.2) is 0 Å². The Morgan fingerprint density at radius 1 is 1.28 bits per heavy atom. The van der Waals surface area contributed by atoms with Crippen LogP contribution in [-0.4, -0.2) is 98.5 Å². The normalized spacial score (nSPS) is 29.6. The maximum Gasteiger partial charge on any atom is 0.199 e. The number of ether oxygens (including phenoxy) is 6. The summed E-state index contributed by atoms with van der Waals surface area (Å²) < 4.78 is 34.6. The van der Waals surface area contributed by atoms with Gasteiger partial charge in [0.2, 0.25) is 0 Å². The second-order valence-corrected chi connectivity index (χ2v) is 9.02. The van der Waals surface area contributed by atoms with Gasteiger partial charge in [-0.3, -0.25) is 9.69 Å². The molecule has 1 aromatic carbocycles. The highest BCUT2D eigenvalue weighted by Gasteiger charge is 2.51. The highest BCUT2D eigenvalue weighted by Crippen LogP contribution is 2.36. The summed E-state index contributed by atoms with van der Waals surface area (Å²) in [6.45, 7) is 6.87. The molecule has 36 heavy (non-hydrogen) atoms. The topological polar surface area (TPSA) is 116 Å². The minimum Gasteiger partial charge on any atom is -0.507 e. The molecule has 3 saturated heterocycles. The van der Waals surface area contributed by atoms with Crippen molar-refractivity contribution in [2.24, 2.45) is 0 Å². The van der Waals surface area contributed by atoms with Crippen LogP contribution in [0.2, 0.25) is 0 Å². The van der Waals surface area contributed by atoms with Crippen molar-refractivity contribution in [2.75, 3.05) is 40.6 Å². The number of aliphatic hydroxyl groups excluding tert-OH is 2. The molecule has 198 valence electrons. The summed E-state index contributed by atoms with van der Waals surface area (Å²) in [4.78, 5) is 15.2. The largest absolute Gasteiger partial charge is 0.507 e. The predicted octanol–water partition coefficient (Wildman–Crippen LogP) is 2.18. The number of methoxy groups -OCH3 is 2. The lowest BCUT2D eigenvalue weighted by Crippen LogP contribution is -2.53. The average molecular weight is 506 g/mol. The molecule has 10 nitrogen and oxygen atoms in total. The number of ketones is 1. The summed E-state index contributed by atoms with van der Waals surface area (Å²) >= 11 is 0. The predicted molar refractivity (Wildman–Crippen MR) is 129 cm³/mol. The molecule has 3 aliphatic rings. The summed E-state index contributed by atoms with van der Waals surface area (Å²) in [6.07, 6.45) is -1.42. The second kappa shape index (κ2) is 11.8. The molecule has 0 aliphatic carbocycles. The molecule has 2 N–H and O–H groups in total. The minimum atomic E-state index is -0.687. The minimum absolute atomic E-state index is 0.0602. The lowest BCUT2D eigenvalue weighted by molar-refractivity contribution is -0.245. The Morgan fingerprint density at radius 3 is 2.78 bits per heavy atom. The molecule has 1 aromatic rings. The molecule has 6 atom stereocenters. The van der Waals surface area contributed by atoms with E-state index in [4.69, 9.17) is 28.4 Å². The Morgan fingerprint density at radius 2 is 2.06 bits per heavy atom. The summed E-state index contributed by atoms with van der Waals surface area (Å²) in [5.41, 5.74) is 0.592. The highest BCUT2D eigenvalue weighted by molar-refractivity contribution is 6.12. The zero-order chi connectivity index (χ0) is 25.8. The molecule has 3 aliphatic heterocycles. The summed E-state index contributed by atoms with van der Waals surface area (Å²) in [5.74, 6) is -0.352. The molecule has 3 fully saturated rings. The van der Waals surface area contributed by atoms with E-state index in [2.05, 4.69) is 11.5 Å². The van der Waals surface area contributed by atoms with Crippen LogP contribution in [0.15, 0.2) is 47.7 Å². The molecule has 0 saturated carbocycles. The van der Waals surface area contributed by atoms with Crippen molar-refractivity contribution >= 4 is 5.78 Å². The number of carbonyl (C=O) groups is 1. The van der Waals surface area contributed by atoms with Gasteiger partial charge in [0, 0.05) is 39.1 Å². The molecule has 4 rings (SSSR count). The van der Waals surface area contributed by atoms with Crippen molar-refractivity contribution in [3.05, 3.63) is 53.3 Å². The summed E-state index contributed by atoms with van der Waals surface area (Å²) in [6, 6.07) is 6.80. The Bertz CT molecular complexity index is 980. The van der Waals surface area contributed by atoms with E-state index >= 15 is 0 Å². The first kappa shape index (κ1) is 26.7. The van der Waals surface area contributed by atoms with Crippen LogP contribution in [0.1, 0.15) is 30.1 Å². The maximum absolute atomic E-state index is 13.0. The number of para-hydroxylation sites is 1. The molecule has 0 aromatic heterocycles. The van der Waals surface area contributed by atoms with Crippen molar-refractivity contribution in [3.8, 4) is 5.75 Å². The summed E-state index contributed by atoms with van der Waals surface area (Å²) in [7, 11) is 3.06. The van der Waals surface area contributed by atoms with Crippen LogP contribution in [0.25, 0.3) is 0 Å². The summed E-state index contributed by atoms with van der Waals surface area (Å²) in [5, 5.41) is 20.6. The van der Waals surface area contributed by atoms with Crippen molar-refractivity contribution in [1.82, 2.24) is 4.90 Å². The molecular formula is C26H35NO9. The van der Waals surface area contributed by atoms with Gasteiger partial charge in [-0.15, -0.1) is 0 Å². The van der Waals surface area contributed by atoms with Crippen LogP contribution >= 0.6 is 0 Å². The fourth-order valence-corrected chi connectivity index (χ4v) is 4.98. The van der Waals surface area contributed by atoms with Crippen molar-refractivity contribution in [1.29, 1.82) is 0 Å². The number of hydrogen-bond acceptors (Lipinski definition) is 10. The molecular weight excluding hydrogens is 470 g/mol. The molecule has 0 unspecified atom stereocenters. The van der Waals surface area contributed by atoms with E-state index in [1.807, 2.05) is 0 Å². The van der Waals surface area contributed by atoms with E-state index in [0.717, 1.165) is 0 Å². The Hall–Kier alpha value is -2.31. The van der Waals surface area contributed by atoms with Gasteiger partial charge in [0.25, 0.3) is 0 Å². The fraction of sp³-hybridized carbons (Fsp3) is 0.577. The second-order valence-electron chi connectivity index (χ2n) is 9.02. The molecule has 0 amide bonds. The SMILES string of the molecule is C=C(C(=O)c1ccccc1OC)/C(O)=C(\C)[C@H](CCO)O[C@H]1C[C@H]2[C@@H](CO1)O[C@@H]1[C@@H](OC)OCCN12. The van der Waals surface area contributed by atoms with E-state index in [9.17, 15) is 15.0 Å². The molecule has 3 heterocycles.